The average Bonchev–Trinajstić information content (AvgIpc) is 3.20. The molecule has 0 spiro atoms. The number of carbonyl (C=O) groups is 1. The molecule has 10 nitrogen and oxygen atoms in total. The highest BCUT2D eigenvalue weighted by molar-refractivity contribution is 7.85. The van der Waals surface area contributed by atoms with Crippen molar-refractivity contribution in [2.75, 3.05) is 18.1 Å². The number of nitro benzene ring substituents is 1. The molecule has 0 radical (unpaired) electrons. The van der Waals surface area contributed by atoms with Gasteiger partial charge in [-0.15, -0.1) is 0 Å². The van der Waals surface area contributed by atoms with Crippen LogP contribution in [0.1, 0.15) is 43.4 Å². The summed E-state index contributed by atoms with van der Waals surface area (Å²) in [5.74, 6) is -0.945. The number of non-ortho nitro benzene ring substituents is 1. The van der Waals surface area contributed by atoms with E-state index < -0.39 is 32.7 Å². The molecule has 1 atom stereocenters. The van der Waals surface area contributed by atoms with Gasteiger partial charge in [-0.2, -0.15) is 13.7 Å². The van der Waals surface area contributed by atoms with Gasteiger partial charge in [-0.1, -0.05) is 36.4 Å². The molecule has 1 unspecified atom stereocenters. The third-order valence-electron chi connectivity index (χ3n) is 5.81. The van der Waals surface area contributed by atoms with Gasteiger partial charge in [-0.3, -0.25) is 19.2 Å². The maximum atomic E-state index is 13.1. The molecular weight excluding hydrogens is 498 g/mol. The first kappa shape index (κ1) is 26.1. The van der Waals surface area contributed by atoms with Gasteiger partial charge in [0.1, 0.15) is 11.4 Å². The van der Waals surface area contributed by atoms with Crippen LogP contribution in [-0.2, 0) is 24.8 Å². The SMILES string of the molecule is CC(C)(C)OC(=O)N1CC(COS(=O)(=O)Cc2ccccc2)c2c1cc([N+](=O)[O-])c1cc(C#N)ccc21. The number of carbonyl (C=O) groups excluding carboxylic acids is 1. The molecule has 4 rings (SSSR count). The second-order valence-electron chi connectivity index (χ2n) is 9.72. The third kappa shape index (κ3) is 5.71. The largest absolute Gasteiger partial charge is 0.443 e. The van der Waals surface area contributed by atoms with E-state index in [2.05, 4.69) is 0 Å². The summed E-state index contributed by atoms with van der Waals surface area (Å²) in [4.78, 5) is 25.7. The number of hydrogen-bond donors (Lipinski definition) is 0. The van der Waals surface area contributed by atoms with Crippen LogP contribution in [0, 0.1) is 21.4 Å². The highest BCUT2D eigenvalue weighted by Crippen LogP contribution is 2.46. The van der Waals surface area contributed by atoms with Gasteiger partial charge < -0.3 is 4.74 Å². The second kappa shape index (κ2) is 9.80. The first-order valence-electron chi connectivity index (χ1n) is 11.5. The fraction of sp³-hybridized carbons (Fsp3) is 0.308. The molecule has 3 aromatic carbocycles. The number of amides is 1. The summed E-state index contributed by atoms with van der Waals surface area (Å²) in [5, 5.41) is 21.9. The summed E-state index contributed by atoms with van der Waals surface area (Å²) >= 11 is 0. The maximum absolute atomic E-state index is 13.1. The van der Waals surface area contributed by atoms with Crippen LogP contribution in [0.4, 0.5) is 16.2 Å². The van der Waals surface area contributed by atoms with Crippen LogP contribution in [0.25, 0.3) is 10.8 Å². The van der Waals surface area contributed by atoms with Crippen LogP contribution < -0.4 is 4.90 Å². The van der Waals surface area contributed by atoms with Gasteiger partial charge in [0.15, 0.2) is 0 Å². The number of anilines is 1. The first-order valence-corrected chi connectivity index (χ1v) is 13.0. The number of fused-ring (bicyclic) bond motifs is 3. The van der Waals surface area contributed by atoms with Gasteiger partial charge in [-0.05, 0) is 49.4 Å². The quantitative estimate of drug-likeness (QED) is 0.250. The standard InChI is InChI=1S/C26H25N3O7S/c1-26(2,3)36-25(30)28-14-19(15-35-37(33,34)16-17-7-5-4-6-8-17)24-20-10-9-18(13-27)11-21(20)22(29(31)32)12-23(24)28/h4-12,19H,14-16H2,1-3H3. The monoisotopic (exact) mass is 523 g/mol. The summed E-state index contributed by atoms with van der Waals surface area (Å²) in [6.45, 7) is 4.82. The van der Waals surface area contributed by atoms with E-state index in [0.29, 0.717) is 16.5 Å². The molecule has 1 aliphatic heterocycles. The second-order valence-corrected chi connectivity index (χ2v) is 11.4. The Labute approximate surface area is 214 Å². The Hall–Kier alpha value is -4.01. The van der Waals surface area contributed by atoms with Crippen molar-refractivity contribution in [2.45, 2.75) is 38.0 Å². The van der Waals surface area contributed by atoms with Gasteiger partial charge in [0.05, 0.1) is 34.2 Å². The minimum atomic E-state index is -3.96. The number of hydrogen-bond acceptors (Lipinski definition) is 8. The molecule has 37 heavy (non-hydrogen) atoms. The van der Waals surface area contributed by atoms with E-state index in [9.17, 15) is 28.6 Å². The van der Waals surface area contributed by atoms with Crippen LogP contribution in [0.5, 0.6) is 0 Å². The molecule has 11 heteroatoms. The lowest BCUT2D eigenvalue weighted by Gasteiger charge is -2.25. The highest BCUT2D eigenvalue weighted by Gasteiger charge is 2.39. The van der Waals surface area contributed by atoms with E-state index >= 15 is 0 Å². The van der Waals surface area contributed by atoms with Crippen molar-refractivity contribution in [3.05, 3.63) is 81.4 Å². The van der Waals surface area contributed by atoms with Crippen molar-refractivity contribution in [2.24, 2.45) is 0 Å². The third-order valence-corrected chi connectivity index (χ3v) is 6.99. The Morgan fingerprint density at radius 2 is 1.86 bits per heavy atom. The summed E-state index contributed by atoms with van der Waals surface area (Å²) in [6, 6.07) is 16.3. The predicted molar refractivity (Wildman–Crippen MR) is 137 cm³/mol. The molecule has 1 amide bonds. The van der Waals surface area contributed by atoms with Crippen LogP contribution in [0.3, 0.4) is 0 Å². The van der Waals surface area contributed by atoms with Crippen LogP contribution in [-0.4, -0.2) is 38.2 Å². The van der Waals surface area contributed by atoms with Crippen molar-refractivity contribution in [1.82, 2.24) is 0 Å². The van der Waals surface area contributed by atoms with E-state index in [0.717, 1.165) is 0 Å². The minimum Gasteiger partial charge on any atom is -0.443 e. The normalized spacial score (nSPS) is 15.3. The number of nitro groups is 1. The fourth-order valence-electron chi connectivity index (χ4n) is 4.33. The van der Waals surface area contributed by atoms with E-state index in [1.165, 1.54) is 23.1 Å². The van der Waals surface area contributed by atoms with Gasteiger partial charge >= 0.3 is 6.09 Å². The Balaban J connectivity index is 1.77. The molecule has 1 aliphatic rings. The minimum absolute atomic E-state index is 0.00136. The van der Waals surface area contributed by atoms with Crippen LogP contribution in [0.15, 0.2) is 54.6 Å². The van der Waals surface area contributed by atoms with Gasteiger partial charge in [-0.25, -0.2) is 4.79 Å². The zero-order chi connectivity index (χ0) is 27.0. The zero-order valence-corrected chi connectivity index (χ0v) is 21.3. The summed E-state index contributed by atoms with van der Waals surface area (Å²) < 4.78 is 36.3. The molecule has 0 saturated heterocycles. The first-order chi connectivity index (χ1) is 17.4. The molecule has 0 bridgehead atoms. The molecule has 0 N–H and O–H groups in total. The lowest BCUT2D eigenvalue weighted by molar-refractivity contribution is -0.383. The average molecular weight is 524 g/mol. The Morgan fingerprint density at radius 3 is 2.49 bits per heavy atom. The van der Waals surface area contributed by atoms with E-state index in [1.807, 2.05) is 6.07 Å². The van der Waals surface area contributed by atoms with Crippen molar-refractivity contribution in [1.29, 1.82) is 5.26 Å². The predicted octanol–water partition coefficient (Wildman–Crippen LogP) is 5.00. The molecular formula is C26H25N3O7S. The van der Waals surface area contributed by atoms with Crippen molar-refractivity contribution in [3.63, 3.8) is 0 Å². The van der Waals surface area contributed by atoms with Crippen molar-refractivity contribution < 1.29 is 27.1 Å². The topological polar surface area (TPSA) is 140 Å². The lowest BCUT2D eigenvalue weighted by atomic mass is 9.93. The zero-order valence-electron chi connectivity index (χ0n) is 20.5. The van der Waals surface area contributed by atoms with E-state index in [-0.39, 0.29) is 41.2 Å². The number of nitriles is 1. The summed E-state index contributed by atoms with van der Waals surface area (Å²) in [7, 11) is -3.96. The molecule has 0 saturated carbocycles. The Morgan fingerprint density at radius 1 is 1.16 bits per heavy atom. The molecule has 0 aromatic heterocycles. The van der Waals surface area contributed by atoms with Crippen molar-refractivity contribution in [3.8, 4) is 6.07 Å². The maximum Gasteiger partial charge on any atom is 0.414 e. The number of rotatable bonds is 6. The van der Waals surface area contributed by atoms with E-state index in [1.54, 1.807) is 57.2 Å². The smallest absolute Gasteiger partial charge is 0.414 e. The molecule has 192 valence electrons. The number of nitrogens with zero attached hydrogens (tertiary/aromatic N) is 3. The molecule has 3 aromatic rings. The Kier molecular flexibility index (Phi) is 6.90. The number of ether oxygens (including phenoxy) is 1. The summed E-state index contributed by atoms with van der Waals surface area (Å²) in [6.07, 6.45) is -0.717. The van der Waals surface area contributed by atoms with Gasteiger partial charge in [0, 0.05) is 18.5 Å². The van der Waals surface area contributed by atoms with Gasteiger partial charge in [0.2, 0.25) is 0 Å². The molecule has 0 fully saturated rings. The van der Waals surface area contributed by atoms with Gasteiger partial charge in [0.25, 0.3) is 15.8 Å². The fourth-order valence-corrected chi connectivity index (χ4v) is 5.38. The highest BCUT2D eigenvalue weighted by atomic mass is 32.2. The van der Waals surface area contributed by atoms with E-state index in [4.69, 9.17) is 8.92 Å². The van der Waals surface area contributed by atoms with Crippen LogP contribution >= 0.6 is 0 Å². The van der Waals surface area contributed by atoms with Crippen molar-refractivity contribution >= 4 is 38.4 Å². The number of benzene rings is 3. The lowest BCUT2D eigenvalue weighted by Crippen LogP contribution is -2.36. The molecule has 1 heterocycles. The Bertz CT molecular complexity index is 1520. The van der Waals surface area contributed by atoms with Crippen LogP contribution in [0.2, 0.25) is 0 Å². The molecule has 0 aliphatic carbocycles. The summed E-state index contributed by atoms with van der Waals surface area (Å²) in [5.41, 5.74) is 0.455.